The van der Waals surface area contributed by atoms with Gasteiger partial charge in [-0.05, 0) is 12.8 Å². The topological polar surface area (TPSA) is 86.8 Å². The molecule has 1 saturated carbocycles. The van der Waals surface area contributed by atoms with Crippen LogP contribution in [0.25, 0.3) is 0 Å². The first kappa shape index (κ1) is 18.2. The van der Waals surface area contributed by atoms with Crippen LogP contribution in [0.15, 0.2) is 0 Å². The second-order valence-corrected chi connectivity index (χ2v) is 8.65. The summed E-state index contributed by atoms with van der Waals surface area (Å²) in [7, 11) is -1.88. The van der Waals surface area contributed by atoms with Crippen molar-refractivity contribution in [3.05, 3.63) is 0 Å². The van der Waals surface area contributed by atoms with Gasteiger partial charge in [0, 0.05) is 40.2 Å². The first-order valence-corrected chi connectivity index (χ1v) is 9.82. The van der Waals surface area contributed by atoms with E-state index < -0.39 is 15.9 Å². The molecule has 2 fully saturated rings. The third kappa shape index (κ3) is 4.23. The maximum absolute atomic E-state index is 12.9. The number of carbonyl (C=O) groups excluding carboxylic acids is 2. The Morgan fingerprint density at radius 3 is 2.26 bits per heavy atom. The minimum atomic E-state index is -3.42. The molecular weight excluding hydrogens is 318 g/mol. The Morgan fingerprint density at radius 1 is 1.04 bits per heavy atom. The van der Waals surface area contributed by atoms with Gasteiger partial charge in [-0.2, -0.15) is 4.31 Å². The Kier molecular flexibility index (Phi) is 6.02. The Balaban J connectivity index is 2.20. The third-order valence-corrected chi connectivity index (χ3v) is 7.25. The van der Waals surface area contributed by atoms with Crippen LogP contribution in [0.2, 0.25) is 0 Å². The lowest BCUT2D eigenvalue weighted by molar-refractivity contribution is -0.130. The molecule has 0 aromatic rings. The number of nitrogens with one attached hydrogen (secondary N) is 1. The van der Waals surface area contributed by atoms with Gasteiger partial charge in [0.05, 0.1) is 11.2 Å². The molecule has 2 rings (SSSR count). The molecule has 0 aromatic heterocycles. The van der Waals surface area contributed by atoms with Gasteiger partial charge < -0.3 is 10.2 Å². The van der Waals surface area contributed by atoms with Crippen LogP contribution in [-0.4, -0.2) is 67.9 Å². The summed E-state index contributed by atoms with van der Waals surface area (Å²) in [6.45, 7) is 2.49. The van der Waals surface area contributed by atoms with E-state index >= 15 is 0 Å². The van der Waals surface area contributed by atoms with Crippen molar-refractivity contribution in [3.63, 3.8) is 0 Å². The van der Waals surface area contributed by atoms with E-state index in [-0.39, 0.29) is 36.7 Å². The molecule has 132 valence electrons. The highest BCUT2D eigenvalue weighted by Gasteiger charge is 2.38. The number of amides is 2. The first-order chi connectivity index (χ1) is 10.9. The smallest absolute Gasteiger partial charge is 0.225 e. The van der Waals surface area contributed by atoms with Crippen LogP contribution in [0.4, 0.5) is 0 Å². The lowest BCUT2D eigenvalue weighted by atomic mass is 10.0. The van der Waals surface area contributed by atoms with Crippen LogP contribution < -0.4 is 5.32 Å². The molecule has 0 unspecified atom stereocenters. The lowest BCUT2D eigenvalue weighted by Gasteiger charge is -2.29. The predicted molar refractivity (Wildman–Crippen MR) is 87.2 cm³/mol. The van der Waals surface area contributed by atoms with Gasteiger partial charge in [0.15, 0.2) is 0 Å². The van der Waals surface area contributed by atoms with Crippen molar-refractivity contribution in [3.8, 4) is 0 Å². The van der Waals surface area contributed by atoms with E-state index in [1.807, 2.05) is 0 Å². The molecule has 1 saturated heterocycles. The molecule has 0 bridgehead atoms. The molecule has 1 atom stereocenters. The standard InChI is InChI=1S/C15H27N3O4S/c1-12(19)17-8-9-18(11-13(10-17)15(20)16-2)23(21,22)14-6-4-3-5-7-14/h13-14H,3-11H2,1-2H3,(H,16,20)/t13-/m0/s1. The number of nitrogens with zero attached hydrogens (tertiary/aromatic N) is 2. The highest BCUT2D eigenvalue weighted by molar-refractivity contribution is 7.89. The Hall–Kier alpha value is -1.15. The first-order valence-electron chi connectivity index (χ1n) is 8.32. The van der Waals surface area contributed by atoms with E-state index in [4.69, 9.17) is 0 Å². The summed E-state index contributed by atoms with van der Waals surface area (Å²) in [6, 6.07) is 0. The van der Waals surface area contributed by atoms with E-state index in [2.05, 4.69) is 5.32 Å². The number of hydrogen-bond donors (Lipinski definition) is 1. The molecule has 7 nitrogen and oxygen atoms in total. The molecule has 2 amide bonds. The second-order valence-electron chi connectivity index (χ2n) is 6.44. The van der Waals surface area contributed by atoms with Gasteiger partial charge in [-0.25, -0.2) is 8.42 Å². The van der Waals surface area contributed by atoms with Gasteiger partial charge in [-0.1, -0.05) is 19.3 Å². The molecule has 2 aliphatic rings. The summed E-state index contributed by atoms with van der Waals surface area (Å²) in [5.74, 6) is -0.873. The molecule has 1 N–H and O–H groups in total. The van der Waals surface area contributed by atoms with Crippen LogP contribution in [-0.2, 0) is 19.6 Å². The van der Waals surface area contributed by atoms with Crippen molar-refractivity contribution in [1.29, 1.82) is 0 Å². The highest BCUT2D eigenvalue weighted by Crippen LogP contribution is 2.27. The largest absolute Gasteiger partial charge is 0.359 e. The van der Waals surface area contributed by atoms with Crippen molar-refractivity contribution in [2.24, 2.45) is 5.92 Å². The zero-order valence-electron chi connectivity index (χ0n) is 14.0. The quantitative estimate of drug-likeness (QED) is 0.790. The number of hydrogen-bond acceptors (Lipinski definition) is 4. The minimum Gasteiger partial charge on any atom is -0.359 e. The monoisotopic (exact) mass is 345 g/mol. The summed E-state index contributed by atoms with van der Waals surface area (Å²) in [4.78, 5) is 25.3. The Morgan fingerprint density at radius 2 is 1.70 bits per heavy atom. The third-order valence-electron chi connectivity index (χ3n) is 4.88. The van der Waals surface area contributed by atoms with Gasteiger partial charge >= 0.3 is 0 Å². The van der Waals surface area contributed by atoms with Crippen LogP contribution in [0, 0.1) is 5.92 Å². The second kappa shape index (κ2) is 7.61. The van der Waals surface area contributed by atoms with E-state index in [0.29, 0.717) is 19.4 Å². The molecule has 1 heterocycles. The molecule has 8 heteroatoms. The molecule has 0 spiro atoms. The maximum atomic E-state index is 12.9. The van der Waals surface area contributed by atoms with E-state index in [9.17, 15) is 18.0 Å². The fourth-order valence-electron chi connectivity index (χ4n) is 3.45. The number of sulfonamides is 1. The summed E-state index contributed by atoms with van der Waals surface area (Å²) in [5.41, 5.74) is 0. The lowest BCUT2D eigenvalue weighted by Crippen LogP contribution is -2.45. The van der Waals surface area contributed by atoms with Crippen molar-refractivity contribution in [2.75, 3.05) is 33.2 Å². The summed E-state index contributed by atoms with van der Waals surface area (Å²) in [5, 5.41) is 2.23. The van der Waals surface area contributed by atoms with Gasteiger partial charge in [-0.15, -0.1) is 0 Å². The van der Waals surface area contributed by atoms with Gasteiger partial charge in [0.1, 0.15) is 0 Å². The highest BCUT2D eigenvalue weighted by atomic mass is 32.2. The normalized spacial score (nSPS) is 25.0. The van der Waals surface area contributed by atoms with Crippen LogP contribution in [0.5, 0.6) is 0 Å². The number of carbonyl (C=O) groups is 2. The van der Waals surface area contributed by atoms with Crippen molar-refractivity contribution < 1.29 is 18.0 Å². The average molecular weight is 345 g/mol. The zero-order chi connectivity index (χ0) is 17.0. The predicted octanol–water partition coefficient (Wildman–Crippen LogP) is 0.175. The molecule has 0 radical (unpaired) electrons. The summed E-state index contributed by atoms with van der Waals surface area (Å²) in [6.07, 6.45) is 4.36. The SMILES string of the molecule is CNC(=O)[C@H]1CN(C(C)=O)CCN(S(=O)(=O)C2CCCCC2)C1. The van der Waals surface area contributed by atoms with Crippen LogP contribution in [0.1, 0.15) is 39.0 Å². The van der Waals surface area contributed by atoms with Gasteiger partial charge in [-0.3, -0.25) is 9.59 Å². The van der Waals surface area contributed by atoms with E-state index in [1.54, 1.807) is 4.90 Å². The molecule has 23 heavy (non-hydrogen) atoms. The molecule has 1 aliphatic carbocycles. The van der Waals surface area contributed by atoms with Crippen LogP contribution in [0.3, 0.4) is 0 Å². The molecule has 1 aliphatic heterocycles. The fraction of sp³-hybridized carbons (Fsp3) is 0.867. The van der Waals surface area contributed by atoms with E-state index in [1.165, 1.54) is 18.3 Å². The van der Waals surface area contributed by atoms with Crippen molar-refractivity contribution in [1.82, 2.24) is 14.5 Å². The Bertz CT molecular complexity index is 543. The molecular formula is C15H27N3O4S. The van der Waals surface area contributed by atoms with Crippen LogP contribution >= 0.6 is 0 Å². The summed E-state index contributed by atoms with van der Waals surface area (Å²) < 4.78 is 27.3. The van der Waals surface area contributed by atoms with Gasteiger partial charge in [0.2, 0.25) is 21.8 Å². The van der Waals surface area contributed by atoms with Gasteiger partial charge in [0.25, 0.3) is 0 Å². The van der Waals surface area contributed by atoms with Crippen molar-refractivity contribution >= 4 is 21.8 Å². The maximum Gasteiger partial charge on any atom is 0.225 e. The number of rotatable bonds is 3. The fourth-order valence-corrected chi connectivity index (χ4v) is 5.52. The molecule has 0 aromatic carbocycles. The average Bonchev–Trinajstić information content (AvgIpc) is 2.78. The Labute approximate surface area is 138 Å². The van der Waals surface area contributed by atoms with Crippen molar-refractivity contribution in [2.45, 2.75) is 44.3 Å². The summed E-state index contributed by atoms with van der Waals surface area (Å²) >= 11 is 0. The zero-order valence-corrected chi connectivity index (χ0v) is 14.8. The minimum absolute atomic E-state index is 0.129. The van der Waals surface area contributed by atoms with E-state index in [0.717, 1.165) is 19.3 Å².